The molecule has 0 aromatic heterocycles. The zero-order valence-electron chi connectivity index (χ0n) is 15.1. The minimum absolute atomic E-state index is 0.0269. The molecule has 4 aliphatic carbocycles. The highest BCUT2D eigenvalue weighted by molar-refractivity contribution is 5.92. The van der Waals surface area contributed by atoms with Gasteiger partial charge in [-0.05, 0) is 74.7 Å². The molecule has 0 bridgehead atoms. The van der Waals surface area contributed by atoms with E-state index in [1.165, 1.54) is 0 Å². The molecule has 0 N–H and O–H groups in total. The smallest absolute Gasteiger partial charge is 0.158 e. The molecule has 0 heterocycles. The van der Waals surface area contributed by atoms with Gasteiger partial charge in [0.05, 0.1) is 0 Å². The Morgan fingerprint density at radius 2 is 1.88 bits per heavy atom. The van der Waals surface area contributed by atoms with E-state index in [1.54, 1.807) is 13.0 Å². The molecule has 131 valence electrons. The largest absolute Gasteiger partial charge is 0.300 e. The number of rotatable bonds is 1. The van der Waals surface area contributed by atoms with Gasteiger partial charge < -0.3 is 0 Å². The lowest BCUT2D eigenvalue weighted by atomic mass is 9.46. The fourth-order valence-electron chi connectivity index (χ4n) is 7.25. The van der Waals surface area contributed by atoms with Crippen molar-refractivity contribution in [2.24, 2.45) is 34.5 Å². The lowest BCUT2D eigenvalue weighted by molar-refractivity contribution is -0.140. The minimum atomic E-state index is -0.785. The lowest BCUT2D eigenvalue weighted by Crippen LogP contribution is -2.55. The molecule has 4 rings (SSSR count). The first-order valence-electron chi connectivity index (χ1n) is 9.68. The summed E-state index contributed by atoms with van der Waals surface area (Å²) in [7, 11) is 0. The maximum atomic E-state index is 12.9. The normalized spacial score (nSPS) is 50.6. The number of hydrogen-bond donors (Lipinski definition) is 0. The molecule has 3 saturated carbocycles. The monoisotopic (exact) mass is 329 g/mol. The van der Waals surface area contributed by atoms with Crippen LogP contribution in [0.15, 0.2) is 11.6 Å². The summed E-state index contributed by atoms with van der Waals surface area (Å²) in [4.78, 5) is 24.0. The van der Waals surface area contributed by atoms with Crippen LogP contribution in [0.5, 0.6) is 0 Å². The second kappa shape index (κ2) is 5.27. The molecule has 3 nitrogen and oxygen atoms in total. The maximum absolute atomic E-state index is 12.9. The third-order valence-corrected chi connectivity index (χ3v) is 8.53. The van der Waals surface area contributed by atoms with Crippen molar-refractivity contribution in [1.82, 2.24) is 0 Å². The van der Waals surface area contributed by atoms with Crippen molar-refractivity contribution >= 4 is 11.6 Å². The van der Waals surface area contributed by atoms with Crippen molar-refractivity contribution in [3.05, 3.63) is 11.6 Å². The van der Waals surface area contributed by atoms with Crippen LogP contribution >= 0.6 is 0 Å². The first kappa shape index (κ1) is 16.5. The van der Waals surface area contributed by atoms with Gasteiger partial charge in [0.1, 0.15) is 11.9 Å². The standard InChI is InChI=1S/C21H29O3/c1-12(22)16-6-7-17-15-5-4-13-10-14(23)11-19(24)21(13,3)18(15)8-9-20(16,17)2/h10,15-19H,4-9,11H2,1-3H3/t15-,16+,17-,18-,19?,20+,21-/m0/s1. The average molecular weight is 329 g/mol. The average Bonchev–Trinajstić information content (AvgIpc) is 2.86. The summed E-state index contributed by atoms with van der Waals surface area (Å²) >= 11 is 0. The molecule has 0 saturated heterocycles. The zero-order chi connectivity index (χ0) is 17.3. The van der Waals surface area contributed by atoms with Crippen LogP contribution in [0.3, 0.4) is 0 Å². The van der Waals surface area contributed by atoms with Gasteiger partial charge in [-0.2, -0.15) is 0 Å². The van der Waals surface area contributed by atoms with E-state index in [-0.39, 0.29) is 29.0 Å². The summed E-state index contributed by atoms with van der Waals surface area (Å²) in [5, 5.41) is 12.9. The quantitative estimate of drug-likeness (QED) is 0.726. The van der Waals surface area contributed by atoms with Crippen LogP contribution < -0.4 is 0 Å². The van der Waals surface area contributed by atoms with Gasteiger partial charge in [-0.25, -0.2) is 5.11 Å². The molecule has 3 heteroatoms. The third kappa shape index (κ3) is 2.00. The van der Waals surface area contributed by atoms with E-state index in [4.69, 9.17) is 0 Å². The molecule has 0 aliphatic heterocycles. The van der Waals surface area contributed by atoms with E-state index in [1.807, 2.05) is 0 Å². The van der Waals surface area contributed by atoms with Gasteiger partial charge in [0.25, 0.3) is 0 Å². The summed E-state index contributed by atoms with van der Waals surface area (Å²) in [6.07, 6.45) is 7.45. The number of Topliss-reactive ketones (excluding diaryl/α,β-unsaturated/α-hetero) is 1. The topological polar surface area (TPSA) is 54.0 Å². The molecule has 1 radical (unpaired) electrons. The fraction of sp³-hybridized carbons (Fsp3) is 0.810. The Hall–Kier alpha value is -0.960. The number of carbonyl (C=O) groups is 2. The summed E-state index contributed by atoms with van der Waals surface area (Å²) < 4.78 is 0. The van der Waals surface area contributed by atoms with Crippen molar-refractivity contribution in [3.63, 3.8) is 0 Å². The second-order valence-electron chi connectivity index (χ2n) is 9.31. The SMILES string of the molecule is CC(=O)[C@H]1CC[C@H]2[C@@H]3CCC4=CC(=O)CC([O])[C@]4(C)[C@H]3CC[C@]12C. The van der Waals surface area contributed by atoms with Gasteiger partial charge in [-0.1, -0.05) is 19.4 Å². The fourth-order valence-corrected chi connectivity index (χ4v) is 7.25. The first-order chi connectivity index (χ1) is 11.3. The Kier molecular flexibility index (Phi) is 3.62. The van der Waals surface area contributed by atoms with Crippen LogP contribution in [0.25, 0.3) is 0 Å². The summed E-state index contributed by atoms with van der Waals surface area (Å²) in [5.41, 5.74) is 0.921. The van der Waals surface area contributed by atoms with Crippen LogP contribution in [0, 0.1) is 34.5 Å². The second-order valence-corrected chi connectivity index (χ2v) is 9.31. The van der Waals surface area contributed by atoms with E-state index in [2.05, 4.69) is 13.8 Å². The van der Waals surface area contributed by atoms with Crippen LogP contribution in [0.2, 0.25) is 0 Å². The van der Waals surface area contributed by atoms with Gasteiger partial charge in [-0.3, -0.25) is 9.59 Å². The molecule has 0 aromatic rings. The molecular weight excluding hydrogens is 300 g/mol. The van der Waals surface area contributed by atoms with Crippen LogP contribution in [0.4, 0.5) is 0 Å². The molecular formula is C21H29O3. The minimum Gasteiger partial charge on any atom is -0.300 e. The Morgan fingerprint density at radius 3 is 2.58 bits per heavy atom. The lowest BCUT2D eigenvalue weighted by Gasteiger charge is -2.58. The van der Waals surface area contributed by atoms with Crippen molar-refractivity contribution in [3.8, 4) is 0 Å². The predicted molar refractivity (Wildman–Crippen MR) is 90.7 cm³/mol. The van der Waals surface area contributed by atoms with E-state index in [9.17, 15) is 14.7 Å². The van der Waals surface area contributed by atoms with Crippen molar-refractivity contribution < 1.29 is 14.7 Å². The summed E-state index contributed by atoms with van der Waals surface area (Å²) in [6, 6.07) is 0. The summed E-state index contributed by atoms with van der Waals surface area (Å²) in [5.74, 6) is 2.12. The van der Waals surface area contributed by atoms with Crippen LogP contribution in [-0.2, 0) is 14.7 Å². The molecule has 0 amide bonds. The third-order valence-electron chi connectivity index (χ3n) is 8.53. The molecule has 4 aliphatic rings. The molecule has 0 aromatic carbocycles. The molecule has 1 unspecified atom stereocenters. The molecule has 7 atom stereocenters. The Morgan fingerprint density at radius 1 is 1.12 bits per heavy atom. The van der Waals surface area contributed by atoms with Gasteiger partial charge in [0.15, 0.2) is 5.78 Å². The predicted octanol–water partition coefficient (Wildman–Crippen LogP) is 4.13. The van der Waals surface area contributed by atoms with E-state index >= 15 is 0 Å². The highest BCUT2D eigenvalue weighted by Crippen LogP contribution is 2.66. The van der Waals surface area contributed by atoms with Crippen LogP contribution in [-0.4, -0.2) is 17.7 Å². The van der Waals surface area contributed by atoms with E-state index in [0.29, 0.717) is 23.5 Å². The van der Waals surface area contributed by atoms with Crippen molar-refractivity contribution in [1.29, 1.82) is 0 Å². The van der Waals surface area contributed by atoms with Crippen molar-refractivity contribution in [2.45, 2.75) is 71.8 Å². The number of hydrogen-bond acceptors (Lipinski definition) is 2. The number of ketones is 2. The Balaban J connectivity index is 1.70. The van der Waals surface area contributed by atoms with Gasteiger partial charge in [0.2, 0.25) is 0 Å². The molecule has 24 heavy (non-hydrogen) atoms. The van der Waals surface area contributed by atoms with E-state index < -0.39 is 6.10 Å². The molecule has 0 spiro atoms. The van der Waals surface area contributed by atoms with Gasteiger partial charge in [0, 0.05) is 17.8 Å². The Labute approximate surface area is 144 Å². The van der Waals surface area contributed by atoms with Gasteiger partial charge in [-0.15, -0.1) is 0 Å². The highest BCUT2D eigenvalue weighted by Gasteiger charge is 2.61. The van der Waals surface area contributed by atoms with E-state index in [0.717, 1.165) is 44.1 Å². The zero-order valence-corrected chi connectivity index (χ0v) is 15.1. The number of carbonyl (C=O) groups excluding carboxylic acids is 2. The van der Waals surface area contributed by atoms with Crippen LogP contribution in [0.1, 0.15) is 65.7 Å². The Bertz CT molecular complexity index is 621. The van der Waals surface area contributed by atoms with Gasteiger partial charge >= 0.3 is 0 Å². The first-order valence-corrected chi connectivity index (χ1v) is 9.68. The maximum Gasteiger partial charge on any atom is 0.158 e. The van der Waals surface area contributed by atoms with Crippen molar-refractivity contribution in [2.75, 3.05) is 0 Å². The summed E-state index contributed by atoms with van der Waals surface area (Å²) in [6.45, 7) is 6.23. The number of fused-ring (bicyclic) bond motifs is 5. The molecule has 3 fully saturated rings. The highest BCUT2D eigenvalue weighted by atomic mass is 16.3.